The summed E-state index contributed by atoms with van der Waals surface area (Å²) in [4.78, 5) is 0. The second-order valence-corrected chi connectivity index (χ2v) is 12.7. The van der Waals surface area contributed by atoms with Crippen LogP contribution < -0.4 is 10.6 Å². The molecule has 154 valence electrons. The van der Waals surface area contributed by atoms with E-state index in [1.54, 1.807) is 0 Å². The van der Waals surface area contributed by atoms with E-state index < -0.39 is 0 Å². The Labute approximate surface area is 191 Å². The van der Waals surface area contributed by atoms with Crippen LogP contribution in [0, 0.1) is 0 Å². The van der Waals surface area contributed by atoms with Crippen molar-refractivity contribution >= 4 is 27.8 Å². The summed E-state index contributed by atoms with van der Waals surface area (Å²) in [5.41, 5.74) is 0. The van der Waals surface area contributed by atoms with E-state index in [0.717, 1.165) is 17.2 Å². The fraction of sp³-hybridized carbons (Fsp3) is 0.348. The van der Waals surface area contributed by atoms with Crippen LogP contribution >= 0.6 is 17.2 Å². The van der Waals surface area contributed by atoms with Gasteiger partial charge in [0.1, 0.15) is 0 Å². The summed E-state index contributed by atoms with van der Waals surface area (Å²) in [6.07, 6.45) is 0. The summed E-state index contributed by atoms with van der Waals surface area (Å²) >= 11 is 0. The molecule has 0 saturated heterocycles. The number of hydrogen-bond donors (Lipinski definition) is 0. The van der Waals surface area contributed by atoms with Gasteiger partial charge in [-0.05, 0) is 10.3 Å². The van der Waals surface area contributed by atoms with Gasteiger partial charge in [-0.3, -0.25) is 0 Å². The van der Waals surface area contributed by atoms with E-state index >= 15 is 0 Å². The van der Waals surface area contributed by atoms with Crippen LogP contribution in [0.1, 0.15) is 41.5 Å². The Morgan fingerprint density at radius 1 is 0.593 bits per heavy atom. The Morgan fingerprint density at radius 2 is 0.889 bits per heavy atom. The number of rotatable bonds is 2. The second kappa shape index (κ2) is 14.9. The SMILES string of the molecule is CC(C)(C)P[c-]1cccc1.CC(C)(C)P[c-]1cccc1.[Fe+2].[Ni].c1cc[cH-]c1. The van der Waals surface area contributed by atoms with E-state index in [1.807, 2.05) is 30.3 Å². The van der Waals surface area contributed by atoms with Crippen LogP contribution in [0.4, 0.5) is 0 Å². The molecular weight excluding hydrogens is 453 g/mol. The summed E-state index contributed by atoms with van der Waals surface area (Å²) in [5.74, 6) is 0. The third-order valence-corrected chi connectivity index (χ3v) is 5.66. The van der Waals surface area contributed by atoms with Crippen LogP contribution in [-0.2, 0) is 33.6 Å². The normalized spacial score (nSPS) is 11.2. The Kier molecular flexibility index (Phi) is 16.0. The van der Waals surface area contributed by atoms with Gasteiger partial charge in [-0.25, -0.2) is 36.4 Å². The molecule has 0 aliphatic rings. The molecule has 3 aromatic rings. The van der Waals surface area contributed by atoms with Gasteiger partial charge in [0.25, 0.3) is 0 Å². The molecule has 0 fully saturated rings. The van der Waals surface area contributed by atoms with Crippen LogP contribution in [0.15, 0.2) is 78.9 Å². The fourth-order valence-corrected chi connectivity index (χ4v) is 4.55. The van der Waals surface area contributed by atoms with Gasteiger partial charge in [-0.15, -0.1) is 27.8 Å². The smallest absolute Gasteiger partial charge is 0.214 e. The minimum Gasteiger partial charge on any atom is -0.214 e. The molecule has 2 unspecified atom stereocenters. The van der Waals surface area contributed by atoms with Crippen molar-refractivity contribution in [3.05, 3.63) is 78.9 Å². The zero-order valence-electron chi connectivity index (χ0n) is 17.2. The Hall–Kier alpha value is -0.0770. The van der Waals surface area contributed by atoms with Gasteiger partial charge in [-0.2, -0.15) is 42.5 Å². The molecule has 0 heterocycles. The standard InChI is InChI=1S/2C9H14P.C5H5.Fe.Ni/c2*1-9(2,3)10-8-6-4-5-7-8;1-2-4-5-3-1;;/h2*4-7,10H,1-3H3;1-5H;;/q3*-1;+2;. The van der Waals surface area contributed by atoms with E-state index in [-0.39, 0.29) is 33.6 Å². The first kappa shape index (κ1) is 29.1. The van der Waals surface area contributed by atoms with E-state index in [0.29, 0.717) is 10.3 Å². The first-order valence-electron chi connectivity index (χ1n) is 8.82. The predicted molar refractivity (Wildman–Crippen MR) is 122 cm³/mol. The van der Waals surface area contributed by atoms with Crippen LogP contribution in [0.3, 0.4) is 0 Å². The van der Waals surface area contributed by atoms with Crippen molar-refractivity contribution in [3.63, 3.8) is 0 Å². The third kappa shape index (κ3) is 17.7. The van der Waals surface area contributed by atoms with Crippen molar-refractivity contribution in [1.82, 2.24) is 0 Å². The van der Waals surface area contributed by atoms with Gasteiger partial charge in [0.05, 0.1) is 0 Å². The topological polar surface area (TPSA) is 0 Å². The van der Waals surface area contributed by atoms with Gasteiger partial charge in [0.15, 0.2) is 0 Å². The van der Waals surface area contributed by atoms with Gasteiger partial charge in [0.2, 0.25) is 0 Å². The third-order valence-electron chi connectivity index (χ3n) is 2.92. The Morgan fingerprint density at radius 3 is 1.07 bits per heavy atom. The molecule has 3 aromatic carbocycles. The van der Waals surface area contributed by atoms with Crippen molar-refractivity contribution in [2.24, 2.45) is 0 Å². The molecule has 0 aliphatic heterocycles. The molecule has 0 amide bonds. The van der Waals surface area contributed by atoms with Gasteiger partial charge in [-0.1, -0.05) is 41.5 Å². The van der Waals surface area contributed by atoms with Gasteiger partial charge < -0.3 is 0 Å². The first-order chi connectivity index (χ1) is 11.7. The van der Waals surface area contributed by atoms with Gasteiger partial charge in [0, 0.05) is 16.5 Å². The van der Waals surface area contributed by atoms with Crippen LogP contribution in [0.5, 0.6) is 0 Å². The molecule has 0 saturated carbocycles. The molecule has 2 atom stereocenters. The fourth-order valence-electron chi connectivity index (χ4n) is 2.10. The van der Waals surface area contributed by atoms with E-state index in [2.05, 4.69) is 90.1 Å². The molecule has 0 radical (unpaired) electrons. The summed E-state index contributed by atoms with van der Waals surface area (Å²) in [5, 5.41) is 3.86. The monoisotopic (exact) mass is 485 g/mol. The molecule has 0 spiro atoms. The average Bonchev–Trinajstić information content (AvgIpc) is 3.21. The summed E-state index contributed by atoms with van der Waals surface area (Å²) < 4.78 is 0. The molecule has 0 bridgehead atoms. The molecule has 27 heavy (non-hydrogen) atoms. The van der Waals surface area contributed by atoms with E-state index in [4.69, 9.17) is 0 Å². The van der Waals surface area contributed by atoms with Gasteiger partial charge >= 0.3 is 17.1 Å². The van der Waals surface area contributed by atoms with Crippen LogP contribution in [0.2, 0.25) is 0 Å². The van der Waals surface area contributed by atoms with E-state index in [1.165, 1.54) is 10.6 Å². The maximum Gasteiger partial charge on any atom is 2.00 e. The van der Waals surface area contributed by atoms with Crippen molar-refractivity contribution in [1.29, 1.82) is 0 Å². The van der Waals surface area contributed by atoms with Crippen LogP contribution in [-0.4, -0.2) is 10.3 Å². The Bertz CT molecular complexity index is 564. The molecule has 0 aromatic heterocycles. The van der Waals surface area contributed by atoms with E-state index in [9.17, 15) is 0 Å². The zero-order valence-corrected chi connectivity index (χ0v) is 21.3. The average molecular weight is 486 g/mol. The minimum atomic E-state index is 0. The molecule has 3 rings (SSSR count). The summed E-state index contributed by atoms with van der Waals surface area (Å²) in [6, 6.07) is 27.2. The predicted octanol–water partition coefficient (Wildman–Crippen LogP) is 6.42. The summed E-state index contributed by atoms with van der Waals surface area (Å²) in [7, 11) is 1.88. The minimum absolute atomic E-state index is 0. The van der Waals surface area contributed by atoms with Crippen LogP contribution in [0.25, 0.3) is 0 Å². The van der Waals surface area contributed by atoms with Crippen molar-refractivity contribution < 1.29 is 33.6 Å². The molecular formula is C23H33FeNiP2-. The second-order valence-electron chi connectivity index (χ2n) is 8.06. The first-order valence-corrected chi connectivity index (χ1v) is 10.8. The maximum absolute atomic E-state index is 2.28. The summed E-state index contributed by atoms with van der Waals surface area (Å²) in [6.45, 7) is 13.7. The van der Waals surface area contributed by atoms with Crippen molar-refractivity contribution in [2.75, 3.05) is 0 Å². The van der Waals surface area contributed by atoms with Crippen molar-refractivity contribution in [2.45, 2.75) is 51.9 Å². The molecule has 0 aliphatic carbocycles. The molecule has 4 heteroatoms. The zero-order chi connectivity index (χ0) is 18.8. The molecule has 0 N–H and O–H groups in total. The number of hydrogen-bond acceptors (Lipinski definition) is 0. The Balaban J connectivity index is 0. The largest absolute Gasteiger partial charge is 2.00 e. The quantitative estimate of drug-likeness (QED) is 0.223. The molecule has 0 nitrogen and oxygen atoms in total. The maximum atomic E-state index is 2.28. The van der Waals surface area contributed by atoms with Crippen molar-refractivity contribution in [3.8, 4) is 0 Å².